The molecule has 0 aromatic carbocycles. The molecule has 0 aliphatic carbocycles. The van der Waals surface area contributed by atoms with Crippen molar-refractivity contribution < 1.29 is 4.79 Å². The monoisotopic (exact) mass is 197 g/mol. The van der Waals surface area contributed by atoms with E-state index in [0.717, 1.165) is 0 Å². The molecule has 8 heavy (non-hydrogen) atoms. The van der Waals surface area contributed by atoms with Crippen LogP contribution in [0.2, 0.25) is 0 Å². The van der Waals surface area contributed by atoms with Gasteiger partial charge >= 0.3 is 0 Å². The predicted octanol–water partition coefficient (Wildman–Crippen LogP) is 1.12. The summed E-state index contributed by atoms with van der Waals surface area (Å²) in [5, 5.41) is 0. The van der Waals surface area contributed by atoms with Crippen molar-refractivity contribution in [3.05, 3.63) is 0 Å². The maximum Gasteiger partial charge on any atom is 0.245 e. The third kappa shape index (κ3) is 2.57. The van der Waals surface area contributed by atoms with Crippen LogP contribution in [0.15, 0.2) is 0 Å². The molecular formula is C4H8BrNOS. The van der Waals surface area contributed by atoms with E-state index in [1.165, 1.54) is 0 Å². The Labute approximate surface area is 62.7 Å². The third-order valence-corrected chi connectivity index (χ3v) is 1.20. The fourth-order valence-electron chi connectivity index (χ4n) is 0.133. The van der Waals surface area contributed by atoms with Gasteiger partial charge in [0.05, 0.1) is 4.32 Å². The number of hydrogen-bond donors (Lipinski definition) is 2. The van der Waals surface area contributed by atoms with E-state index in [1.54, 1.807) is 13.8 Å². The fourth-order valence-corrected chi connectivity index (χ4v) is 0.665. The zero-order chi connectivity index (χ0) is 6.78. The van der Waals surface area contributed by atoms with Gasteiger partial charge in [-0.1, -0.05) is 28.7 Å². The van der Waals surface area contributed by atoms with Crippen LogP contribution in [0.4, 0.5) is 0 Å². The van der Waals surface area contributed by atoms with Crippen LogP contribution in [-0.2, 0) is 4.79 Å². The lowest BCUT2D eigenvalue weighted by Crippen LogP contribution is -2.31. The molecule has 0 aliphatic rings. The summed E-state index contributed by atoms with van der Waals surface area (Å²) in [6.45, 7) is 3.50. The third-order valence-electron chi connectivity index (χ3n) is 0.641. The Morgan fingerprint density at radius 1 is 1.75 bits per heavy atom. The molecule has 1 amide bonds. The van der Waals surface area contributed by atoms with Crippen molar-refractivity contribution in [2.45, 2.75) is 18.2 Å². The summed E-state index contributed by atoms with van der Waals surface area (Å²) in [4.78, 5) is 10.6. The average molecular weight is 198 g/mol. The summed E-state index contributed by atoms with van der Waals surface area (Å²) >= 11 is 6.72. The van der Waals surface area contributed by atoms with Crippen LogP contribution >= 0.6 is 28.7 Å². The Morgan fingerprint density at radius 2 is 2.12 bits per heavy atom. The Hall–Kier alpha value is 0.300. The fraction of sp³-hybridized carbons (Fsp3) is 0.750. The highest BCUT2D eigenvalue weighted by Gasteiger charge is 2.21. The maximum absolute atomic E-state index is 10.6. The van der Waals surface area contributed by atoms with E-state index in [4.69, 9.17) is 0 Å². The van der Waals surface area contributed by atoms with Gasteiger partial charge in [-0.05, 0) is 13.8 Å². The lowest BCUT2D eigenvalue weighted by Gasteiger charge is -2.11. The van der Waals surface area contributed by atoms with E-state index in [0.29, 0.717) is 0 Å². The van der Waals surface area contributed by atoms with Gasteiger partial charge in [-0.25, -0.2) is 0 Å². The first-order valence-corrected chi connectivity index (χ1v) is 3.36. The van der Waals surface area contributed by atoms with Gasteiger partial charge in [-0.3, -0.25) is 4.79 Å². The molecule has 0 bridgehead atoms. The van der Waals surface area contributed by atoms with Gasteiger partial charge in [0, 0.05) is 0 Å². The number of alkyl halides is 1. The van der Waals surface area contributed by atoms with E-state index in [9.17, 15) is 4.79 Å². The number of hydrogen-bond acceptors (Lipinski definition) is 2. The topological polar surface area (TPSA) is 29.1 Å². The minimum absolute atomic E-state index is 0.138. The molecule has 0 unspecified atom stereocenters. The molecular weight excluding hydrogens is 190 g/mol. The number of halogens is 1. The van der Waals surface area contributed by atoms with Crippen LogP contribution in [0.3, 0.4) is 0 Å². The largest absolute Gasteiger partial charge is 0.302 e. The zero-order valence-electron chi connectivity index (χ0n) is 4.73. The van der Waals surface area contributed by atoms with E-state index in [2.05, 4.69) is 33.5 Å². The van der Waals surface area contributed by atoms with E-state index in [1.807, 2.05) is 0 Å². The maximum atomic E-state index is 10.6. The molecule has 1 N–H and O–H groups in total. The van der Waals surface area contributed by atoms with E-state index in [-0.39, 0.29) is 5.91 Å². The molecule has 2 nitrogen and oxygen atoms in total. The van der Waals surface area contributed by atoms with E-state index < -0.39 is 4.32 Å². The van der Waals surface area contributed by atoms with Gasteiger partial charge in [0.2, 0.25) is 5.91 Å². The highest BCUT2D eigenvalue weighted by Crippen LogP contribution is 2.14. The second kappa shape index (κ2) is 2.73. The second-order valence-corrected chi connectivity index (χ2v) is 4.12. The van der Waals surface area contributed by atoms with Gasteiger partial charge in [0.25, 0.3) is 0 Å². The van der Waals surface area contributed by atoms with Crippen molar-refractivity contribution in [2.75, 3.05) is 0 Å². The van der Waals surface area contributed by atoms with Crippen LogP contribution < -0.4 is 4.72 Å². The first-order valence-electron chi connectivity index (χ1n) is 2.12. The standard InChI is InChI=1S/C4H8BrNOS/c1-4(2,5)3(7)6-8/h8H,1-2H3,(H,6,7). The number of carbonyl (C=O) groups is 1. The summed E-state index contributed by atoms with van der Waals surface area (Å²) in [6.07, 6.45) is 0. The first-order chi connectivity index (χ1) is 3.48. The summed E-state index contributed by atoms with van der Waals surface area (Å²) in [6, 6.07) is 0. The average Bonchev–Trinajstić information content (AvgIpc) is 1.62. The van der Waals surface area contributed by atoms with Crippen LogP contribution in [0, 0.1) is 0 Å². The number of carbonyl (C=O) groups excluding carboxylic acids is 1. The van der Waals surface area contributed by atoms with E-state index >= 15 is 0 Å². The van der Waals surface area contributed by atoms with Crippen molar-refractivity contribution >= 4 is 34.7 Å². The normalized spacial score (nSPS) is 11.0. The minimum atomic E-state index is -0.505. The van der Waals surface area contributed by atoms with Crippen molar-refractivity contribution in [1.29, 1.82) is 0 Å². The molecule has 0 spiro atoms. The van der Waals surface area contributed by atoms with Gasteiger partial charge in [0.15, 0.2) is 0 Å². The highest BCUT2D eigenvalue weighted by atomic mass is 79.9. The molecule has 48 valence electrons. The Bertz CT molecular complexity index is 98.7. The Balaban J connectivity index is 3.82. The number of thiol groups is 1. The van der Waals surface area contributed by atoms with Crippen LogP contribution in [-0.4, -0.2) is 10.2 Å². The van der Waals surface area contributed by atoms with Gasteiger partial charge < -0.3 is 4.72 Å². The predicted molar refractivity (Wildman–Crippen MR) is 40.1 cm³/mol. The molecule has 0 atom stereocenters. The number of amides is 1. The Kier molecular flexibility index (Phi) is 2.83. The highest BCUT2D eigenvalue weighted by molar-refractivity contribution is 9.10. The SMILES string of the molecule is CC(C)(Br)C(=O)NS. The lowest BCUT2D eigenvalue weighted by atomic mass is 10.2. The number of nitrogens with one attached hydrogen (secondary N) is 1. The summed E-state index contributed by atoms with van der Waals surface area (Å²) in [7, 11) is 0. The number of rotatable bonds is 1. The summed E-state index contributed by atoms with van der Waals surface area (Å²) < 4.78 is 1.71. The molecule has 0 rings (SSSR count). The van der Waals surface area contributed by atoms with Gasteiger partial charge in [-0.15, -0.1) is 0 Å². The quantitative estimate of drug-likeness (QED) is 0.479. The molecule has 4 heteroatoms. The molecule has 0 saturated heterocycles. The van der Waals surface area contributed by atoms with Crippen molar-refractivity contribution in [3.8, 4) is 0 Å². The van der Waals surface area contributed by atoms with Gasteiger partial charge in [-0.2, -0.15) is 0 Å². The Morgan fingerprint density at radius 3 is 2.12 bits per heavy atom. The van der Waals surface area contributed by atoms with Crippen LogP contribution in [0.1, 0.15) is 13.8 Å². The summed E-state index contributed by atoms with van der Waals surface area (Å²) in [5.74, 6) is -0.138. The molecule has 0 aromatic heterocycles. The first kappa shape index (κ1) is 8.30. The molecule has 0 heterocycles. The second-order valence-electron chi connectivity index (χ2n) is 1.91. The smallest absolute Gasteiger partial charge is 0.245 e. The van der Waals surface area contributed by atoms with Crippen molar-refractivity contribution in [2.24, 2.45) is 0 Å². The summed E-state index contributed by atoms with van der Waals surface area (Å²) in [5.41, 5.74) is 0. The lowest BCUT2D eigenvalue weighted by molar-refractivity contribution is -0.120. The minimum Gasteiger partial charge on any atom is -0.302 e. The van der Waals surface area contributed by atoms with Crippen molar-refractivity contribution in [1.82, 2.24) is 4.72 Å². The molecule has 0 aromatic rings. The molecule has 0 radical (unpaired) electrons. The zero-order valence-corrected chi connectivity index (χ0v) is 7.21. The molecule has 0 fully saturated rings. The molecule has 0 aliphatic heterocycles. The van der Waals surface area contributed by atoms with Gasteiger partial charge in [0.1, 0.15) is 0 Å². The van der Waals surface area contributed by atoms with Crippen molar-refractivity contribution in [3.63, 3.8) is 0 Å². The van der Waals surface area contributed by atoms with Crippen LogP contribution in [0.25, 0.3) is 0 Å². The molecule has 0 saturated carbocycles. The van der Waals surface area contributed by atoms with Crippen LogP contribution in [0.5, 0.6) is 0 Å².